The van der Waals surface area contributed by atoms with Crippen LogP contribution >= 0.6 is 0 Å². The first kappa shape index (κ1) is 15.0. The minimum atomic E-state index is -0.769. The highest BCUT2D eigenvalue weighted by Gasteiger charge is 2.42. The van der Waals surface area contributed by atoms with Gasteiger partial charge in [-0.15, -0.1) is 0 Å². The summed E-state index contributed by atoms with van der Waals surface area (Å²) in [6.45, 7) is 7.22. The van der Waals surface area contributed by atoms with Gasteiger partial charge < -0.3 is 5.11 Å². The molecule has 1 N–H and O–H groups in total. The van der Waals surface area contributed by atoms with E-state index in [9.17, 15) is 14.3 Å². The Labute approximate surface area is 119 Å². The molecule has 0 saturated carbocycles. The Balaban J connectivity index is 2.24. The summed E-state index contributed by atoms with van der Waals surface area (Å²) in [6.07, 6.45) is 1.92. The summed E-state index contributed by atoms with van der Waals surface area (Å²) in [5, 5.41) is 9.53. The Morgan fingerprint density at radius 2 is 2.20 bits per heavy atom. The van der Waals surface area contributed by atoms with E-state index < -0.39 is 12.0 Å². The lowest BCUT2D eigenvalue weighted by atomic mass is 9.76. The molecule has 0 amide bonds. The molecule has 0 aromatic heterocycles. The molecule has 1 heterocycles. The summed E-state index contributed by atoms with van der Waals surface area (Å²) in [5.74, 6) is -1.02. The van der Waals surface area contributed by atoms with Gasteiger partial charge in [-0.1, -0.05) is 19.9 Å². The second-order valence-electron chi connectivity index (χ2n) is 6.37. The molecule has 1 aliphatic rings. The monoisotopic (exact) mass is 279 g/mol. The predicted octanol–water partition coefficient (Wildman–Crippen LogP) is 3.21. The summed E-state index contributed by atoms with van der Waals surface area (Å²) < 4.78 is 13.1. The highest BCUT2D eigenvalue weighted by molar-refractivity contribution is 5.74. The molecule has 1 atom stereocenters. The molecule has 110 valence electrons. The van der Waals surface area contributed by atoms with Gasteiger partial charge in [-0.05, 0) is 55.0 Å². The van der Waals surface area contributed by atoms with E-state index in [0.29, 0.717) is 6.54 Å². The number of hydrogen-bond donors (Lipinski definition) is 1. The summed E-state index contributed by atoms with van der Waals surface area (Å²) in [5.41, 5.74) is 1.63. The first-order valence-electron chi connectivity index (χ1n) is 7.03. The Morgan fingerprint density at radius 1 is 1.50 bits per heavy atom. The van der Waals surface area contributed by atoms with Crippen LogP contribution in [0.25, 0.3) is 0 Å². The number of halogens is 1. The molecular formula is C16H22FNO2. The first-order valence-corrected chi connectivity index (χ1v) is 7.03. The van der Waals surface area contributed by atoms with E-state index in [1.54, 1.807) is 6.07 Å². The van der Waals surface area contributed by atoms with Crippen molar-refractivity contribution < 1.29 is 14.3 Å². The molecule has 2 rings (SSSR count). The number of piperidine rings is 1. The quantitative estimate of drug-likeness (QED) is 0.923. The van der Waals surface area contributed by atoms with Crippen molar-refractivity contribution in [2.75, 3.05) is 6.54 Å². The molecule has 1 unspecified atom stereocenters. The van der Waals surface area contributed by atoms with Crippen molar-refractivity contribution in [2.45, 2.75) is 46.2 Å². The van der Waals surface area contributed by atoms with Crippen LogP contribution < -0.4 is 0 Å². The van der Waals surface area contributed by atoms with Gasteiger partial charge in [0, 0.05) is 6.54 Å². The van der Waals surface area contributed by atoms with E-state index >= 15 is 0 Å². The number of aryl methyl sites for hydroxylation is 1. The van der Waals surface area contributed by atoms with Gasteiger partial charge in [-0.2, -0.15) is 0 Å². The molecule has 20 heavy (non-hydrogen) atoms. The maximum Gasteiger partial charge on any atom is 0.321 e. The molecule has 0 spiro atoms. The number of nitrogens with zero attached hydrogens (tertiary/aromatic N) is 1. The summed E-state index contributed by atoms with van der Waals surface area (Å²) in [6, 6.07) is 4.21. The molecular weight excluding hydrogens is 257 g/mol. The number of hydrogen-bond acceptors (Lipinski definition) is 2. The van der Waals surface area contributed by atoms with Gasteiger partial charge in [-0.25, -0.2) is 4.39 Å². The fraction of sp³-hybridized carbons (Fsp3) is 0.562. The Kier molecular flexibility index (Phi) is 4.14. The molecule has 1 aliphatic heterocycles. The van der Waals surface area contributed by atoms with Crippen molar-refractivity contribution in [3.63, 3.8) is 0 Å². The van der Waals surface area contributed by atoms with Gasteiger partial charge >= 0.3 is 5.97 Å². The minimum absolute atomic E-state index is 0.238. The zero-order chi connectivity index (χ0) is 14.9. The molecule has 4 heteroatoms. The van der Waals surface area contributed by atoms with Crippen LogP contribution in [0.15, 0.2) is 18.2 Å². The third-order valence-corrected chi connectivity index (χ3v) is 4.28. The van der Waals surface area contributed by atoms with Crippen LogP contribution in [-0.2, 0) is 11.3 Å². The number of carbonyl (C=O) groups is 1. The molecule has 0 radical (unpaired) electrons. The third-order valence-electron chi connectivity index (χ3n) is 4.28. The summed E-state index contributed by atoms with van der Waals surface area (Å²) >= 11 is 0. The van der Waals surface area contributed by atoms with E-state index in [1.165, 1.54) is 12.1 Å². The zero-order valence-electron chi connectivity index (χ0n) is 12.3. The van der Waals surface area contributed by atoms with Gasteiger partial charge in [0.1, 0.15) is 11.9 Å². The molecule has 1 aromatic rings. The van der Waals surface area contributed by atoms with E-state index in [4.69, 9.17) is 0 Å². The van der Waals surface area contributed by atoms with Crippen LogP contribution in [0.4, 0.5) is 4.39 Å². The molecule has 0 bridgehead atoms. The molecule has 0 aliphatic carbocycles. The molecule has 1 saturated heterocycles. The highest BCUT2D eigenvalue weighted by atomic mass is 19.1. The highest BCUT2D eigenvalue weighted by Crippen LogP contribution is 2.36. The average Bonchev–Trinajstić information content (AvgIpc) is 2.31. The number of aliphatic carboxylic acids is 1. The van der Waals surface area contributed by atoms with Crippen LogP contribution in [0.5, 0.6) is 0 Å². The lowest BCUT2D eigenvalue weighted by Crippen LogP contribution is -2.53. The maximum absolute atomic E-state index is 13.1. The second kappa shape index (κ2) is 5.52. The summed E-state index contributed by atoms with van der Waals surface area (Å²) in [7, 11) is 0. The zero-order valence-corrected chi connectivity index (χ0v) is 12.3. The van der Waals surface area contributed by atoms with Crippen LogP contribution in [0.2, 0.25) is 0 Å². The molecule has 1 aromatic carbocycles. The van der Waals surface area contributed by atoms with Crippen LogP contribution in [0, 0.1) is 18.2 Å². The van der Waals surface area contributed by atoms with Gasteiger partial charge in [-0.3, -0.25) is 9.69 Å². The van der Waals surface area contributed by atoms with Gasteiger partial charge in [0.25, 0.3) is 0 Å². The standard InChI is InChI=1S/C16H22FNO2/c1-11-9-13(17)6-5-12(11)10-18-8-4-7-16(2,3)14(18)15(19)20/h5-6,9,14H,4,7-8,10H2,1-3H3,(H,19,20). The first-order chi connectivity index (χ1) is 9.31. The van der Waals surface area contributed by atoms with E-state index in [1.807, 2.05) is 25.7 Å². The SMILES string of the molecule is Cc1cc(F)ccc1CN1CCCC(C)(C)C1C(=O)O. The normalized spacial score (nSPS) is 22.7. The average molecular weight is 279 g/mol. The fourth-order valence-corrected chi connectivity index (χ4v) is 3.21. The topological polar surface area (TPSA) is 40.5 Å². The fourth-order valence-electron chi connectivity index (χ4n) is 3.21. The van der Waals surface area contributed by atoms with Gasteiger partial charge in [0.05, 0.1) is 0 Å². The van der Waals surface area contributed by atoms with Crippen LogP contribution in [-0.4, -0.2) is 28.6 Å². The van der Waals surface area contributed by atoms with Crippen LogP contribution in [0.3, 0.4) is 0 Å². The smallest absolute Gasteiger partial charge is 0.321 e. The number of carboxylic acids is 1. The Hall–Kier alpha value is -1.42. The number of likely N-dealkylation sites (tertiary alicyclic amines) is 1. The van der Waals surface area contributed by atoms with Crippen molar-refractivity contribution in [1.29, 1.82) is 0 Å². The number of rotatable bonds is 3. The number of carboxylic acid groups (broad SMARTS) is 1. The predicted molar refractivity (Wildman–Crippen MR) is 76.0 cm³/mol. The lowest BCUT2D eigenvalue weighted by Gasteiger charge is -2.44. The van der Waals surface area contributed by atoms with E-state index in [0.717, 1.165) is 30.5 Å². The largest absolute Gasteiger partial charge is 0.480 e. The Bertz CT molecular complexity index is 513. The van der Waals surface area contributed by atoms with E-state index in [2.05, 4.69) is 0 Å². The maximum atomic E-state index is 13.1. The van der Waals surface area contributed by atoms with Crippen LogP contribution in [0.1, 0.15) is 37.8 Å². The molecule has 3 nitrogen and oxygen atoms in total. The molecule has 1 fully saturated rings. The lowest BCUT2D eigenvalue weighted by molar-refractivity contribution is -0.151. The van der Waals surface area contributed by atoms with Crippen molar-refractivity contribution in [2.24, 2.45) is 5.41 Å². The number of benzene rings is 1. The third kappa shape index (κ3) is 3.01. The van der Waals surface area contributed by atoms with E-state index in [-0.39, 0.29) is 11.2 Å². The van der Waals surface area contributed by atoms with Crippen molar-refractivity contribution in [3.05, 3.63) is 35.1 Å². The second-order valence-corrected chi connectivity index (χ2v) is 6.37. The van der Waals surface area contributed by atoms with Gasteiger partial charge in [0.2, 0.25) is 0 Å². The van der Waals surface area contributed by atoms with Crippen molar-refractivity contribution >= 4 is 5.97 Å². The Morgan fingerprint density at radius 3 is 2.80 bits per heavy atom. The minimum Gasteiger partial charge on any atom is -0.480 e. The van der Waals surface area contributed by atoms with Crippen molar-refractivity contribution in [1.82, 2.24) is 4.90 Å². The van der Waals surface area contributed by atoms with Gasteiger partial charge in [0.15, 0.2) is 0 Å². The summed E-state index contributed by atoms with van der Waals surface area (Å²) in [4.78, 5) is 13.6. The van der Waals surface area contributed by atoms with Crippen molar-refractivity contribution in [3.8, 4) is 0 Å².